The minimum absolute atomic E-state index is 0.0617. The lowest BCUT2D eigenvalue weighted by molar-refractivity contribution is -0.159. The summed E-state index contributed by atoms with van der Waals surface area (Å²) in [7, 11) is 0. The van der Waals surface area contributed by atoms with Crippen molar-refractivity contribution in [3.8, 4) is 5.75 Å². The highest BCUT2D eigenvalue weighted by atomic mass is 16.3. The molecule has 2 N–H and O–H groups in total. The van der Waals surface area contributed by atoms with Gasteiger partial charge in [0.2, 0.25) is 0 Å². The Kier molecular flexibility index (Phi) is 5.04. The van der Waals surface area contributed by atoms with E-state index in [-0.39, 0.29) is 28.8 Å². The van der Waals surface area contributed by atoms with Crippen molar-refractivity contribution in [1.82, 2.24) is 4.98 Å². The van der Waals surface area contributed by atoms with Gasteiger partial charge in [-0.15, -0.1) is 0 Å². The van der Waals surface area contributed by atoms with E-state index in [1.807, 2.05) is 19.2 Å². The highest BCUT2D eigenvalue weighted by Crippen LogP contribution is 2.68. The van der Waals surface area contributed by atoms with Crippen LogP contribution in [0.4, 0.5) is 0 Å². The normalized spacial score (nSPS) is 45.5. The molecular formula is C27H39NO3. The molecule has 1 aromatic heterocycles. The van der Waals surface area contributed by atoms with Gasteiger partial charge in [-0.2, -0.15) is 0 Å². The fourth-order valence-electron chi connectivity index (χ4n) is 8.99. The Labute approximate surface area is 186 Å². The summed E-state index contributed by atoms with van der Waals surface area (Å²) in [5.74, 6) is 3.21. The average molecular weight is 426 g/mol. The van der Waals surface area contributed by atoms with Crippen LogP contribution in [-0.2, 0) is 4.79 Å². The minimum Gasteiger partial charge on any atom is -0.506 e. The number of fused-ring (bicyclic) bond motifs is 5. The number of nitrogens with zero attached hydrogens (tertiary/aromatic N) is 1. The van der Waals surface area contributed by atoms with Crippen molar-refractivity contribution in [3.05, 3.63) is 23.5 Å². The smallest absolute Gasteiger partial charge is 0.137 e. The van der Waals surface area contributed by atoms with Crippen molar-refractivity contribution in [2.75, 3.05) is 0 Å². The fraction of sp³-hybridized carbons (Fsp3) is 0.778. The summed E-state index contributed by atoms with van der Waals surface area (Å²) >= 11 is 0. The van der Waals surface area contributed by atoms with Crippen molar-refractivity contribution in [1.29, 1.82) is 0 Å². The monoisotopic (exact) mass is 425 g/mol. The molecule has 0 bridgehead atoms. The molecule has 0 amide bonds. The Balaban J connectivity index is 1.43. The van der Waals surface area contributed by atoms with Crippen molar-refractivity contribution >= 4 is 5.78 Å². The summed E-state index contributed by atoms with van der Waals surface area (Å²) in [6.07, 6.45) is 9.58. The first-order valence-corrected chi connectivity index (χ1v) is 12.5. The third-order valence-electron chi connectivity index (χ3n) is 10.6. The number of Topliss-reactive ketones (excluding diaryl/α,β-unsaturated/α-hetero) is 1. The summed E-state index contributed by atoms with van der Waals surface area (Å²) in [5, 5.41) is 20.8. The van der Waals surface area contributed by atoms with E-state index >= 15 is 0 Å². The molecule has 31 heavy (non-hydrogen) atoms. The van der Waals surface area contributed by atoms with Crippen molar-refractivity contribution < 1.29 is 15.0 Å². The van der Waals surface area contributed by atoms with E-state index in [9.17, 15) is 15.0 Å². The van der Waals surface area contributed by atoms with Gasteiger partial charge in [0.1, 0.15) is 11.5 Å². The van der Waals surface area contributed by atoms with Gasteiger partial charge in [0.25, 0.3) is 0 Å². The molecule has 4 saturated carbocycles. The van der Waals surface area contributed by atoms with E-state index in [1.54, 1.807) is 0 Å². The second-order valence-electron chi connectivity index (χ2n) is 12.0. The van der Waals surface area contributed by atoms with Gasteiger partial charge in [0.05, 0.1) is 11.8 Å². The molecule has 0 saturated heterocycles. The minimum atomic E-state index is -0.293. The molecular weight excluding hydrogens is 386 g/mol. The maximum Gasteiger partial charge on any atom is 0.137 e. The third-order valence-corrected chi connectivity index (χ3v) is 10.6. The number of ketones is 1. The summed E-state index contributed by atoms with van der Waals surface area (Å²) < 4.78 is 0. The lowest BCUT2D eigenvalue weighted by Crippen LogP contribution is -2.57. The molecule has 5 rings (SSSR count). The topological polar surface area (TPSA) is 70.4 Å². The Morgan fingerprint density at radius 3 is 2.55 bits per heavy atom. The van der Waals surface area contributed by atoms with E-state index in [1.165, 1.54) is 19.3 Å². The molecule has 4 fully saturated rings. The molecule has 1 aromatic rings. The maximum absolute atomic E-state index is 13.3. The second kappa shape index (κ2) is 7.30. The molecule has 0 aliphatic heterocycles. The number of aliphatic hydroxyl groups excluding tert-OH is 1. The molecule has 4 aliphatic carbocycles. The number of carbonyl (C=O) groups excluding carboxylic acids is 1. The van der Waals surface area contributed by atoms with Crippen LogP contribution in [-0.4, -0.2) is 27.1 Å². The van der Waals surface area contributed by atoms with Crippen LogP contribution in [0.2, 0.25) is 0 Å². The second-order valence-corrected chi connectivity index (χ2v) is 12.0. The van der Waals surface area contributed by atoms with Gasteiger partial charge in [-0.25, -0.2) is 0 Å². The predicted octanol–water partition coefficient (Wildman–Crippen LogP) is 5.40. The number of aliphatic hydroxyl groups is 1. The molecule has 9 atom stereocenters. The van der Waals surface area contributed by atoms with Crippen LogP contribution in [0.5, 0.6) is 5.75 Å². The Bertz CT molecular complexity index is 883. The molecule has 0 spiro atoms. The van der Waals surface area contributed by atoms with Gasteiger partial charge in [-0.05, 0) is 98.0 Å². The van der Waals surface area contributed by atoms with Crippen LogP contribution in [0.15, 0.2) is 12.3 Å². The van der Waals surface area contributed by atoms with Crippen LogP contribution in [0.25, 0.3) is 0 Å². The zero-order valence-electron chi connectivity index (χ0n) is 19.6. The van der Waals surface area contributed by atoms with E-state index in [4.69, 9.17) is 0 Å². The Morgan fingerprint density at radius 1 is 1.10 bits per heavy atom. The number of aryl methyl sites for hydroxylation is 1. The van der Waals surface area contributed by atoms with Gasteiger partial charge in [0.15, 0.2) is 0 Å². The first-order valence-electron chi connectivity index (χ1n) is 12.5. The van der Waals surface area contributed by atoms with Crippen molar-refractivity contribution in [2.24, 2.45) is 40.4 Å². The standard InChI is InChI=1S/C27H39NO3/c1-15-11-24(31)25(28-14-15)16(2)19-5-6-20-18-13-23(30)22-12-17(29)7-9-27(22,4)21(18)8-10-26(19,20)3/h11,14,16-22,29,31H,5-10,12-13H2,1-4H3/t16-,17+,18+,19-,20+,21+,22-,26-,27-/m1/s1. The average Bonchev–Trinajstić information content (AvgIpc) is 3.06. The van der Waals surface area contributed by atoms with Crippen molar-refractivity contribution in [2.45, 2.75) is 91.1 Å². The zero-order valence-corrected chi connectivity index (χ0v) is 19.6. The molecule has 4 nitrogen and oxygen atoms in total. The van der Waals surface area contributed by atoms with Gasteiger partial charge >= 0.3 is 0 Å². The molecule has 4 heteroatoms. The van der Waals surface area contributed by atoms with E-state index in [2.05, 4.69) is 25.8 Å². The molecule has 4 aliphatic rings. The quantitative estimate of drug-likeness (QED) is 0.666. The van der Waals surface area contributed by atoms with Crippen LogP contribution >= 0.6 is 0 Å². The molecule has 0 unspecified atom stereocenters. The molecule has 170 valence electrons. The number of aromatic hydroxyl groups is 1. The highest BCUT2D eigenvalue weighted by molar-refractivity contribution is 5.83. The van der Waals surface area contributed by atoms with Gasteiger partial charge in [-0.3, -0.25) is 9.78 Å². The fourth-order valence-corrected chi connectivity index (χ4v) is 8.99. The number of rotatable bonds is 2. The number of aromatic nitrogens is 1. The number of hydrogen-bond acceptors (Lipinski definition) is 4. The number of pyridine rings is 1. The third kappa shape index (κ3) is 3.11. The van der Waals surface area contributed by atoms with E-state index in [0.29, 0.717) is 48.0 Å². The van der Waals surface area contributed by atoms with Crippen LogP contribution in [0, 0.1) is 47.3 Å². The van der Waals surface area contributed by atoms with E-state index < -0.39 is 0 Å². The molecule has 0 aromatic carbocycles. The summed E-state index contributed by atoms with van der Waals surface area (Å²) in [6, 6.07) is 1.84. The lowest BCUT2D eigenvalue weighted by atomic mass is 9.44. The zero-order chi connectivity index (χ0) is 22.1. The maximum atomic E-state index is 13.3. The Hall–Kier alpha value is -1.42. The summed E-state index contributed by atoms with van der Waals surface area (Å²) in [5.41, 5.74) is 2.11. The first kappa shape index (κ1) is 21.4. The predicted molar refractivity (Wildman–Crippen MR) is 121 cm³/mol. The highest BCUT2D eigenvalue weighted by Gasteiger charge is 2.62. The van der Waals surface area contributed by atoms with Crippen LogP contribution in [0.1, 0.15) is 89.3 Å². The first-order chi connectivity index (χ1) is 14.6. The van der Waals surface area contributed by atoms with Crippen LogP contribution < -0.4 is 0 Å². The summed E-state index contributed by atoms with van der Waals surface area (Å²) in [4.78, 5) is 17.9. The van der Waals surface area contributed by atoms with E-state index in [0.717, 1.165) is 30.5 Å². The molecule has 0 radical (unpaired) electrons. The molecule has 1 heterocycles. The lowest BCUT2D eigenvalue weighted by Gasteiger charge is -2.60. The van der Waals surface area contributed by atoms with Crippen LogP contribution in [0.3, 0.4) is 0 Å². The van der Waals surface area contributed by atoms with Gasteiger partial charge in [0, 0.05) is 24.5 Å². The SMILES string of the molecule is Cc1cnc([C@H](C)[C@H]2CC[C@H]3[C@@H]4CC(=O)[C@H]5C[C@@H](O)CC[C@]5(C)[C@H]4CC[C@]23C)c(O)c1. The summed E-state index contributed by atoms with van der Waals surface area (Å²) in [6.45, 7) is 9.04. The number of hydrogen-bond donors (Lipinski definition) is 2. The number of carbonyl (C=O) groups is 1. The van der Waals surface area contributed by atoms with Crippen molar-refractivity contribution in [3.63, 3.8) is 0 Å². The Morgan fingerprint density at radius 2 is 1.81 bits per heavy atom. The van der Waals surface area contributed by atoms with Gasteiger partial charge < -0.3 is 10.2 Å². The largest absolute Gasteiger partial charge is 0.506 e. The van der Waals surface area contributed by atoms with Gasteiger partial charge in [-0.1, -0.05) is 20.8 Å².